The van der Waals surface area contributed by atoms with Crippen LogP contribution in [-0.4, -0.2) is 75.4 Å². The molecule has 0 aromatic heterocycles. The zero-order valence-corrected chi connectivity index (χ0v) is 16.3. The lowest BCUT2D eigenvalue weighted by Gasteiger charge is -2.18. The van der Waals surface area contributed by atoms with Crippen LogP contribution in [0.25, 0.3) is 0 Å². The Morgan fingerprint density at radius 2 is 1.44 bits per heavy atom. The molecule has 27 heavy (non-hydrogen) atoms. The molecular weight excluding hydrogens is 358 g/mol. The first-order chi connectivity index (χ1) is 13.0. The normalized spacial score (nSPS) is 10.4. The van der Waals surface area contributed by atoms with E-state index < -0.39 is 18.3 Å². The average molecular weight is 391 g/mol. The Kier molecular flexibility index (Phi) is 16.0. The lowest BCUT2D eigenvalue weighted by atomic mass is 10.3. The van der Waals surface area contributed by atoms with Crippen LogP contribution in [0.1, 0.15) is 39.5 Å². The molecule has 0 aromatic carbocycles. The molecule has 10 heteroatoms. The van der Waals surface area contributed by atoms with E-state index in [2.05, 4.69) is 16.0 Å². The minimum Gasteiger partial charge on any atom is -0.447 e. The summed E-state index contributed by atoms with van der Waals surface area (Å²) in [5.41, 5.74) is 0. The Morgan fingerprint density at radius 3 is 1.93 bits per heavy atom. The van der Waals surface area contributed by atoms with Crippen molar-refractivity contribution in [3.8, 4) is 0 Å². The van der Waals surface area contributed by atoms with Gasteiger partial charge in [0.15, 0.2) is 0 Å². The van der Waals surface area contributed by atoms with Gasteiger partial charge in [-0.25, -0.2) is 9.59 Å². The van der Waals surface area contributed by atoms with Crippen molar-refractivity contribution in [1.82, 2.24) is 16.0 Å². The van der Waals surface area contributed by atoms with Crippen LogP contribution >= 0.6 is 0 Å². The van der Waals surface area contributed by atoms with Crippen LogP contribution in [0.2, 0.25) is 0 Å². The molecular formula is C17H33N3O7. The highest BCUT2D eigenvalue weighted by Crippen LogP contribution is 2.00. The number of carbonyl (C=O) groups excluding carboxylic acids is 3. The topological polar surface area (TPSA) is 135 Å². The molecule has 0 saturated carbocycles. The molecule has 0 radical (unpaired) electrons. The number of aliphatic hydroxyl groups excluding tert-OH is 1. The second kappa shape index (κ2) is 17.3. The monoisotopic (exact) mass is 391 g/mol. The van der Waals surface area contributed by atoms with E-state index in [1.807, 2.05) is 13.8 Å². The summed E-state index contributed by atoms with van der Waals surface area (Å²) in [6, 6.07) is 0. The first-order valence-corrected chi connectivity index (χ1v) is 9.33. The number of rotatable bonds is 15. The van der Waals surface area contributed by atoms with E-state index in [-0.39, 0.29) is 45.3 Å². The quantitative estimate of drug-likeness (QED) is 0.299. The van der Waals surface area contributed by atoms with Gasteiger partial charge >= 0.3 is 12.2 Å². The predicted octanol–water partition coefficient (Wildman–Crippen LogP) is 0.533. The summed E-state index contributed by atoms with van der Waals surface area (Å²) in [6.07, 6.45) is 0.487. The van der Waals surface area contributed by atoms with Gasteiger partial charge in [0.25, 0.3) is 0 Å². The number of alkyl carbamates (subject to hydrolysis) is 2. The van der Waals surface area contributed by atoms with Crippen LogP contribution in [0.3, 0.4) is 0 Å². The molecule has 4 N–H and O–H groups in total. The van der Waals surface area contributed by atoms with Crippen LogP contribution in [0.15, 0.2) is 0 Å². The predicted molar refractivity (Wildman–Crippen MR) is 98.4 cm³/mol. The van der Waals surface area contributed by atoms with Crippen molar-refractivity contribution in [3.05, 3.63) is 0 Å². The minimum atomic E-state index is -0.634. The summed E-state index contributed by atoms with van der Waals surface area (Å²) in [7, 11) is 0. The lowest BCUT2D eigenvalue weighted by Crippen LogP contribution is -2.35. The maximum absolute atomic E-state index is 11.5. The molecule has 3 amide bonds. The lowest BCUT2D eigenvalue weighted by molar-refractivity contribution is -0.121. The molecule has 0 heterocycles. The van der Waals surface area contributed by atoms with Gasteiger partial charge in [-0.2, -0.15) is 0 Å². The van der Waals surface area contributed by atoms with Crippen LogP contribution in [0, 0.1) is 0 Å². The smallest absolute Gasteiger partial charge is 0.407 e. The summed E-state index contributed by atoms with van der Waals surface area (Å²) in [5, 5.41) is 16.3. The molecule has 158 valence electrons. The standard InChI is InChI=1S/C17H33N3O7/c1-3-7-19-16(23)26-12-14(13-27-17(24)20-8-4-2)25-11-5-6-15(22)18-9-10-21/h14,21H,3-13H2,1-2H3,(H,18,22)(H,19,23)(H,20,24). The maximum atomic E-state index is 11.5. The van der Waals surface area contributed by atoms with Crippen molar-refractivity contribution in [2.24, 2.45) is 0 Å². The Labute approximate surface area is 160 Å². The van der Waals surface area contributed by atoms with Crippen molar-refractivity contribution < 1.29 is 33.7 Å². The molecule has 0 fully saturated rings. The third kappa shape index (κ3) is 15.9. The van der Waals surface area contributed by atoms with Crippen LogP contribution in [0.5, 0.6) is 0 Å². The Morgan fingerprint density at radius 1 is 0.889 bits per heavy atom. The first-order valence-electron chi connectivity index (χ1n) is 9.33. The molecule has 0 aliphatic rings. The van der Waals surface area contributed by atoms with E-state index in [0.29, 0.717) is 19.5 Å². The Balaban J connectivity index is 4.23. The van der Waals surface area contributed by atoms with E-state index in [9.17, 15) is 14.4 Å². The van der Waals surface area contributed by atoms with Crippen LogP contribution in [-0.2, 0) is 19.0 Å². The van der Waals surface area contributed by atoms with Gasteiger partial charge < -0.3 is 35.3 Å². The molecule has 0 unspecified atom stereocenters. The van der Waals surface area contributed by atoms with Gasteiger partial charge in [0, 0.05) is 32.7 Å². The van der Waals surface area contributed by atoms with Gasteiger partial charge in [0.2, 0.25) is 5.91 Å². The number of hydrogen-bond acceptors (Lipinski definition) is 7. The number of ether oxygens (including phenoxy) is 3. The second-order valence-corrected chi connectivity index (χ2v) is 5.72. The molecule has 0 saturated heterocycles. The first kappa shape index (κ1) is 24.9. The van der Waals surface area contributed by atoms with Crippen LogP contribution in [0.4, 0.5) is 9.59 Å². The molecule has 0 bridgehead atoms. The van der Waals surface area contributed by atoms with Gasteiger partial charge in [-0.3, -0.25) is 4.79 Å². The number of nitrogens with one attached hydrogen (secondary N) is 3. The van der Waals surface area contributed by atoms with Crippen molar-refractivity contribution in [2.75, 3.05) is 46.1 Å². The highest BCUT2D eigenvalue weighted by molar-refractivity contribution is 5.75. The molecule has 0 aromatic rings. The van der Waals surface area contributed by atoms with E-state index in [0.717, 1.165) is 12.8 Å². The number of carbonyl (C=O) groups is 3. The van der Waals surface area contributed by atoms with Crippen molar-refractivity contribution in [1.29, 1.82) is 0 Å². The number of hydrogen-bond donors (Lipinski definition) is 4. The number of aliphatic hydroxyl groups is 1. The fourth-order valence-electron chi connectivity index (χ4n) is 1.80. The van der Waals surface area contributed by atoms with Gasteiger partial charge in [0.05, 0.1) is 6.61 Å². The minimum absolute atomic E-state index is 0.0761. The third-order valence-corrected chi connectivity index (χ3v) is 3.18. The Bertz CT molecular complexity index is 397. The highest BCUT2D eigenvalue weighted by Gasteiger charge is 2.15. The molecule has 0 aliphatic carbocycles. The molecule has 0 spiro atoms. The summed E-state index contributed by atoms with van der Waals surface area (Å²) in [4.78, 5) is 34.5. The van der Waals surface area contributed by atoms with Gasteiger partial charge in [-0.15, -0.1) is 0 Å². The van der Waals surface area contributed by atoms with Gasteiger partial charge in [0.1, 0.15) is 19.3 Å². The average Bonchev–Trinajstić information content (AvgIpc) is 2.67. The fraction of sp³-hybridized carbons (Fsp3) is 0.824. The molecule has 0 rings (SSSR count). The van der Waals surface area contributed by atoms with Crippen molar-refractivity contribution in [2.45, 2.75) is 45.6 Å². The third-order valence-electron chi connectivity index (χ3n) is 3.18. The summed E-state index contributed by atoms with van der Waals surface area (Å²) >= 11 is 0. The fourth-order valence-corrected chi connectivity index (χ4v) is 1.80. The van der Waals surface area contributed by atoms with Crippen LogP contribution < -0.4 is 16.0 Å². The SMILES string of the molecule is CCCNC(=O)OCC(COC(=O)NCCC)OCCCC(=O)NCCO. The van der Waals surface area contributed by atoms with E-state index in [1.165, 1.54) is 0 Å². The largest absolute Gasteiger partial charge is 0.447 e. The molecule has 0 atom stereocenters. The molecule has 10 nitrogen and oxygen atoms in total. The summed E-state index contributed by atoms with van der Waals surface area (Å²) < 4.78 is 15.7. The Hall–Kier alpha value is -2.07. The summed E-state index contributed by atoms with van der Waals surface area (Å²) in [5.74, 6) is -0.186. The van der Waals surface area contributed by atoms with E-state index in [1.54, 1.807) is 0 Å². The van der Waals surface area contributed by atoms with Gasteiger partial charge in [-0.1, -0.05) is 13.8 Å². The zero-order chi connectivity index (χ0) is 20.3. The molecule has 0 aliphatic heterocycles. The second-order valence-electron chi connectivity index (χ2n) is 5.72. The van der Waals surface area contributed by atoms with Gasteiger partial charge in [-0.05, 0) is 19.3 Å². The maximum Gasteiger partial charge on any atom is 0.407 e. The van der Waals surface area contributed by atoms with Crippen molar-refractivity contribution >= 4 is 18.1 Å². The van der Waals surface area contributed by atoms with Crippen molar-refractivity contribution in [3.63, 3.8) is 0 Å². The van der Waals surface area contributed by atoms with E-state index >= 15 is 0 Å². The highest BCUT2D eigenvalue weighted by atomic mass is 16.6. The zero-order valence-electron chi connectivity index (χ0n) is 16.3. The van der Waals surface area contributed by atoms with E-state index in [4.69, 9.17) is 19.3 Å². The summed E-state index contributed by atoms with van der Waals surface area (Å²) in [6.45, 7) is 5.03. The number of amides is 3.